The average molecular weight is 478 g/mol. The highest BCUT2D eigenvalue weighted by Gasteiger charge is 2.30. The molecule has 0 unspecified atom stereocenters. The van der Waals surface area contributed by atoms with E-state index in [0.29, 0.717) is 17.1 Å². The number of nitrogens with one attached hydrogen (secondary N) is 1. The second-order valence-electron chi connectivity index (χ2n) is 7.41. The Morgan fingerprint density at radius 3 is 2.37 bits per heavy atom. The van der Waals surface area contributed by atoms with Gasteiger partial charge in [-0.1, -0.05) is 49.4 Å². The molecule has 1 N–H and O–H groups in total. The van der Waals surface area contributed by atoms with Gasteiger partial charge in [0, 0.05) is 17.3 Å². The predicted molar refractivity (Wildman–Crippen MR) is 126 cm³/mol. The summed E-state index contributed by atoms with van der Waals surface area (Å²) in [6.07, 6.45) is -2.16. The molecule has 4 rings (SSSR count). The van der Waals surface area contributed by atoms with Crippen molar-refractivity contribution >= 4 is 17.5 Å². The maximum Gasteiger partial charge on any atom is 0.573 e. The Balaban J connectivity index is 1.53. The molecule has 0 spiro atoms. The smallest absolute Gasteiger partial charge is 0.406 e. The molecule has 0 aliphatic heterocycles. The van der Waals surface area contributed by atoms with Crippen LogP contribution >= 0.6 is 0 Å². The SMILES string of the molecule is CCc1ccc(Nc2cc(-c3ccccc3)nc(N=NCc3ccc(OC(F)(F)F)cc3)n2)cn1. The van der Waals surface area contributed by atoms with E-state index in [1.54, 1.807) is 6.20 Å². The molecule has 0 saturated carbocycles. The molecule has 0 amide bonds. The Morgan fingerprint density at radius 1 is 0.943 bits per heavy atom. The zero-order chi connectivity index (χ0) is 24.7. The fraction of sp³-hybridized carbons (Fsp3) is 0.160. The van der Waals surface area contributed by atoms with Crippen LogP contribution in [0.3, 0.4) is 0 Å². The van der Waals surface area contributed by atoms with E-state index < -0.39 is 6.36 Å². The molecule has 0 bridgehead atoms. The van der Waals surface area contributed by atoms with Gasteiger partial charge in [0.15, 0.2) is 0 Å². The fourth-order valence-corrected chi connectivity index (χ4v) is 3.13. The molecule has 7 nitrogen and oxygen atoms in total. The Kier molecular flexibility index (Phi) is 7.30. The van der Waals surface area contributed by atoms with Crippen molar-refractivity contribution in [3.8, 4) is 17.0 Å². The molecule has 2 heterocycles. The number of benzene rings is 2. The number of hydrogen-bond donors (Lipinski definition) is 1. The predicted octanol–water partition coefficient (Wildman–Crippen LogP) is 7.03. The summed E-state index contributed by atoms with van der Waals surface area (Å²) in [5, 5.41) is 11.5. The topological polar surface area (TPSA) is 84.7 Å². The molecule has 4 aromatic rings. The maximum atomic E-state index is 12.3. The van der Waals surface area contributed by atoms with Crippen LogP contribution in [0.1, 0.15) is 18.2 Å². The van der Waals surface area contributed by atoms with E-state index >= 15 is 0 Å². The third-order valence-electron chi connectivity index (χ3n) is 4.81. The third kappa shape index (κ3) is 7.07. The summed E-state index contributed by atoms with van der Waals surface area (Å²) in [6, 6.07) is 20.7. The van der Waals surface area contributed by atoms with Gasteiger partial charge in [0.05, 0.1) is 24.1 Å². The highest BCUT2D eigenvalue weighted by atomic mass is 19.4. The molecule has 35 heavy (non-hydrogen) atoms. The van der Waals surface area contributed by atoms with Crippen LogP contribution in [0.15, 0.2) is 89.2 Å². The number of azo groups is 1. The number of aryl methyl sites for hydroxylation is 1. The lowest BCUT2D eigenvalue weighted by Crippen LogP contribution is -2.16. The summed E-state index contributed by atoms with van der Waals surface area (Å²) in [4.78, 5) is 13.3. The van der Waals surface area contributed by atoms with Gasteiger partial charge < -0.3 is 10.1 Å². The Bertz CT molecular complexity index is 1280. The summed E-state index contributed by atoms with van der Waals surface area (Å²) in [5.74, 6) is 0.366. The monoisotopic (exact) mass is 478 g/mol. The van der Waals surface area contributed by atoms with E-state index in [2.05, 4.69) is 35.2 Å². The van der Waals surface area contributed by atoms with E-state index in [0.717, 1.165) is 23.4 Å². The van der Waals surface area contributed by atoms with Crippen molar-refractivity contribution in [3.05, 3.63) is 90.3 Å². The third-order valence-corrected chi connectivity index (χ3v) is 4.81. The number of anilines is 2. The average Bonchev–Trinajstić information content (AvgIpc) is 2.85. The summed E-state index contributed by atoms with van der Waals surface area (Å²) in [6.45, 7) is 2.17. The first-order chi connectivity index (χ1) is 16.9. The van der Waals surface area contributed by atoms with Gasteiger partial charge in [0.2, 0.25) is 0 Å². The van der Waals surface area contributed by atoms with Crippen LogP contribution in [0.2, 0.25) is 0 Å². The molecule has 0 radical (unpaired) electrons. The highest BCUT2D eigenvalue weighted by molar-refractivity contribution is 5.66. The van der Waals surface area contributed by atoms with Gasteiger partial charge in [-0.2, -0.15) is 10.1 Å². The Hall–Kier alpha value is -4.34. The Labute approximate surface area is 199 Å². The molecule has 0 aliphatic rings. The number of pyridine rings is 1. The molecule has 10 heteroatoms. The lowest BCUT2D eigenvalue weighted by Gasteiger charge is -2.09. The van der Waals surface area contributed by atoms with Crippen molar-refractivity contribution in [3.63, 3.8) is 0 Å². The first kappa shape index (κ1) is 23.8. The second kappa shape index (κ2) is 10.7. The zero-order valence-corrected chi connectivity index (χ0v) is 18.7. The van der Waals surface area contributed by atoms with Crippen LogP contribution in [-0.4, -0.2) is 21.3 Å². The van der Waals surface area contributed by atoms with Crippen LogP contribution in [0, 0.1) is 0 Å². The van der Waals surface area contributed by atoms with Crippen LogP contribution < -0.4 is 10.1 Å². The first-order valence-corrected chi connectivity index (χ1v) is 10.8. The van der Waals surface area contributed by atoms with E-state index in [1.807, 2.05) is 55.5 Å². The van der Waals surface area contributed by atoms with Crippen LogP contribution in [-0.2, 0) is 13.0 Å². The lowest BCUT2D eigenvalue weighted by atomic mass is 10.1. The van der Waals surface area contributed by atoms with Crippen molar-refractivity contribution < 1.29 is 17.9 Å². The molecule has 178 valence electrons. The van der Waals surface area contributed by atoms with Gasteiger partial charge in [-0.3, -0.25) is 4.98 Å². The number of ether oxygens (including phenoxy) is 1. The standard InChI is InChI=1S/C25H21F3N6O/c1-2-19-10-11-20(16-29-19)31-23-14-22(18-6-4-3-5-7-18)32-24(33-23)34-30-15-17-8-12-21(13-9-17)35-25(26,27)28/h3-14,16H,2,15H2,1H3,(H,31,32,33). The molecule has 0 saturated heterocycles. The van der Waals surface area contributed by atoms with E-state index in [4.69, 9.17) is 0 Å². The minimum atomic E-state index is -4.73. The molecular formula is C25H21F3N6O. The van der Waals surface area contributed by atoms with Gasteiger partial charge in [0.25, 0.3) is 5.95 Å². The summed E-state index contributed by atoms with van der Waals surface area (Å²) in [5.41, 5.74) is 3.94. The molecule has 2 aromatic heterocycles. The summed E-state index contributed by atoms with van der Waals surface area (Å²) >= 11 is 0. The zero-order valence-electron chi connectivity index (χ0n) is 18.7. The number of hydrogen-bond acceptors (Lipinski definition) is 7. The molecule has 0 aliphatic carbocycles. The van der Waals surface area contributed by atoms with Crippen LogP contribution in [0.25, 0.3) is 11.3 Å². The second-order valence-corrected chi connectivity index (χ2v) is 7.41. The number of rotatable bonds is 8. The van der Waals surface area contributed by atoms with Gasteiger partial charge >= 0.3 is 6.36 Å². The number of nitrogens with zero attached hydrogens (tertiary/aromatic N) is 5. The quantitative estimate of drug-likeness (QED) is 0.275. The minimum Gasteiger partial charge on any atom is -0.406 e. The fourth-order valence-electron chi connectivity index (χ4n) is 3.13. The van der Waals surface area contributed by atoms with E-state index in [9.17, 15) is 13.2 Å². The largest absolute Gasteiger partial charge is 0.573 e. The van der Waals surface area contributed by atoms with Gasteiger partial charge in [-0.15, -0.1) is 18.3 Å². The number of aromatic nitrogens is 3. The normalized spacial score (nSPS) is 11.5. The van der Waals surface area contributed by atoms with Crippen LogP contribution in [0.5, 0.6) is 5.75 Å². The van der Waals surface area contributed by atoms with Crippen LogP contribution in [0.4, 0.5) is 30.6 Å². The first-order valence-electron chi connectivity index (χ1n) is 10.8. The molecule has 0 fully saturated rings. The van der Waals surface area contributed by atoms with Crippen molar-refractivity contribution in [2.24, 2.45) is 10.2 Å². The highest BCUT2D eigenvalue weighted by Crippen LogP contribution is 2.25. The van der Waals surface area contributed by atoms with Gasteiger partial charge in [-0.25, -0.2) is 4.98 Å². The van der Waals surface area contributed by atoms with Crippen molar-refractivity contribution in [2.75, 3.05) is 5.32 Å². The molecular weight excluding hydrogens is 457 g/mol. The number of alkyl halides is 3. The van der Waals surface area contributed by atoms with E-state index in [-0.39, 0.29) is 18.2 Å². The van der Waals surface area contributed by atoms with Crippen molar-refractivity contribution in [1.82, 2.24) is 15.0 Å². The molecule has 0 atom stereocenters. The summed E-state index contributed by atoms with van der Waals surface area (Å²) < 4.78 is 40.8. The van der Waals surface area contributed by atoms with Gasteiger partial charge in [-0.05, 0) is 36.2 Å². The van der Waals surface area contributed by atoms with Crippen molar-refractivity contribution in [1.29, 1.82) is 0 Å². The van der Waals surface area contributed by atoms with Crippen molar-refractivity contribution in [2.45, 2.75) is 26.3 Å². The minimum absolute atomic E-state index is 0.135. The van der Waals surface area contributed by atoms with Gasteiger partial charge in [0.1, 0.15) is 11.6 Å². The Morgan fingerprint density at radius 2 is 1.71 bits per heavy atom. The summed E-state index contributed by atoms with van der Waals surface area (Å²) in [7, 11) is 0. The maximum absolute atomic E-state index is 12.3. The number of halogens is 3. The lowest BCUT2D eigenvalue weighted by molar-refractivity contribution is -0.274. The van der Waals surface area contributed by atoms with E-state index in [1.165, 1.54) is 24.3 Å². The molecule has 2 aromatic carbocycles.